The lowest BCUT2D eigenvalue weighted by Crippen LogP contribution is -1.99. The predicted octanol–water partition coefficient (Wildman–Crippen LogP) is 3.21. The Labute approximate surface area is 137 Å². The summed E-state index contributed by atoms with van der Waals surface area (Å²) in [7, 11) is 2.51. The number of carbonyl (C=O) groups excluding carboxylic acids is 1. The zero-order valence-electron chi connectivity index (χ0n) is 13.1. The van der Waals surface area contributed by atoms with E-state index in [0.29, 0.717) is 5.56 Å². The van der Waals surface area contributed by atoms with Gasteiger partial charge in [0.05, 0.1) is 19.1 Å². The van der Waals surface area contributed by atoms with Crippen LogP contribution in [0.25, 0.3) is 6.08 Å². The SMILES string of the molecule is COc1cc(C=CC(=O)c2ccccc2)c(OC)c([N+](=O)[O-])c1O. The summed E-state index contributed by atoms with van der Waals surface area (Å²) >= 11 is 0. The van der Waals surface area contributed by atoms with Crippen LogP contribution in [0.4, 0.5) is 5.69 Å². The Balaban J connectivity index is 2.50. The van der Waals surface area contributed by atoms with Gasteiger partial charge in [-0.05, 0) is 18.2 Å². The van der Waals surface area contributed by atoms with E-state index >= 15 is 0 Å². The van der Waals surface area contributed by atoms with Crippen LogP contribution in [-0.4, -0.2) is 30.0 Å². The Kier molecular flexibility index (Phi) is 5.16. The van der Waals surface area contributed by atoms with Gasteiger partial charge in [-0.2, -0.15) is 0 Å². The number of nitro groups is 1. The third kappa shape index (κ3) is 3.35. The van der Waals surface area contributed by atoms with Crippen molar-refractivity contribution in [1.29, 1.82) is 0 Å². The van der Waals surface area contributed by atoms with E-state index in [2.05, 4.69) is 0 Å². The number of aromatic hydroxyl groups is 1. The average molecular weight is 329 g/mol. The molecule has 24 heavy (non-hydrogen) atoms. The molecular formula is C17H15NO6. The maximum Gasteiger partial charge on any atom is 0.356 e. The van der Waals surface area contributed by atoms with Crippen LogP contribution in [0.3, 0.4) is 0 Å². The van der Waals surface area contributed by atoms with Crippen molar-refractivity contribution in [1.82, 2.24) is 0 Å². The number of phenolic OH excluding ortho intramolecular Hbond substituents is 1. The number of allylic oxidation sites excluding steroid dienone is 1. The van der Waals surface area contributed by atoms with Gasteiger partial charge in [-0.3, -0.25) is 14.9 Å². The molecule has 1 N–H and O–H groups in total. The molecule has 0 aliphatic carbocycles. The summed E-state index contributed by atoms with van der Waals surface area (Å²) in [6.07, 6.45) is 2.65. The Bertz CT molecular complexity index is 798. The van der Waals surface area contributed by atoms with Gasteiger partial charge in [0.15, 0.2) is 11.5 Å². The number of methoxy groups -OCH3 is 2. The Morgan fingerprint density at radius 3 is 2.42 bits per heavy atom. The first kappa shape index (κ1) is 17.0. The molecule has 0 aliphatic rings. The number of ether oxygens (including phenoxy) is 2. The smallest absolute Gasteiger partial charge is 0.356 e. The molecule has 0 fully saturated rings. The molecule has 7 heteroatoms. The highest BCUT2D eigenvalue weighted by molar-refractivity contribution is 6.07. The fourth-order valence-electron chi connectivity index (χ4n) is 2.16. The molecule has 2 aromatic carbocycles. The minimum atomic E-state index is -0.771. The monoisotopic (exact) mass is 329 g/mol. The van der Waals surface area contributed by atoms with Crippen LogP contribution >= 0.6 is 0 Å². The lowest BCUT2D eigenvalue weighted by Gasteiger charge is -2.10. The molecule has 0 atom stereocenters. The van der Waals surface area contributed by atoms with Gasteiger partial charge in [-0.25, -0.2) is 0 Å². The molecule has 0 aromatic heterocycles. The minimum absolute atomic E-state index is 0.0886. The van der Waals surface area contributed by atoms with Gasteiger partial charge >= 0.3 is 5.69 Å². The van der Waals surface area contributed by atoms with Crippen molar-refractivity contribution in [3.8, 4) is 17.2 Å². The first-order valence-corrected chi connectivity index (χ1v) is 6.89. The van der Waals surface area contributed by atoms with Crippen molar-refractivity contribution < 1.29 is 24.3 Å². The molecule has 0 saturated heterocycles. The highest BCUT2D eigenvalue weighted by Crippen LogP contribution is 2.45. The molecule has 0 amide bonds. The number of rotatable bonds is 6. The third-order valence-corrected chi connectivity index (χ3v) is 3.30. The Morgan fingerprint density at radius 2 is 1.88 bits per heavy atom. The number of phenols is 1. The molecule has 2 aromatic rings. The van der Waals surface area contributed by atoms with Crippen LogP contribution < -0.4 is 9.47 Å². The first-order chi connectivity index (χ1) is 11.5. The number of ketones is 1. The second-order valence-corrected chi connectivity index (χ2v) is 4.72. The molecule has 124 valence electrons. The van der Waals surface area contributed by atoms with E-state index in [0.717, 1.165) is 0 Å². The van der Waals surface area contributed by atoms with Crippen LogP contribution in [-0.2, 0) is 0 Å². The van der Waals surface area contributed by atoms with Crippen LogP contribution in [0.15, 0.2) is 42.5 Å². The maximum atomic E-state index is 12.1. The average Bonchev–Trinajstić information content (AvgIpc) is 2.60. The van der Waals surface area contributed by atoms with E-state index in [9.17, 15) is 20.0 Å². The second kappa shape index (κ2) is 7.28. The van der Waals surface area contributed by atoms with Crippen molar-refractivity contribution in [2.45, 2.75) is 0 Å². The van der Waals surface area contributed by atoms with E-state index in [-0.39, 0.29) is 22.8 Å². The lowest BCUT2D eigenvalue weighted by atomic mass is 10.1. The van der Waals surface area contributed by atoms with Gasteiger partial charge in [0.2, 0.25) is 11.5 Å². The standard InChI is InChI=1S/C17H15NO6/c1-23-14-10-12(17(24-2)15(16(14)20)18(21)22)8-9-13(19)11-6-4-3-5-7-11/h3-10,20H,1-2H3. The van der Waals surface area contributed by atoms with Gasteiger partial charge in [-0.1, -0.05) is 30.3 Å². The van der Waals surface area contributed by atoms with Crippen LogP contribution in [0.5, 0.6) is 17.2 Å². The number of nitrogens with zero attached hydrogens (tertiary/aromatic N) is 1. The lowest BCUT2D eigenvalue weighted by molar-refractivity contribution is -0.386. The van der Waals surface area contributed by atoms with Crippen molar-refractivity contribution >= 4 is 17.5 Å². The molecule has 0 unspecified atom stereocenters. The molecule has 2 rings (SSSR count). The largest absolute Gasteiger partial charge is 0.499 e. The summed E-state index contributed by atoms with van der Waals surface area (Å²) < 4.78 is 9.97. The molecule has 0 aliphatic heterocycles. The van der Waals surface area contributed by atoms with Crippen molar-refractivity contribution in [3.05, 3.63) is 63.7 Å². The number of hydrogen-bond acceptors (Lipinski definition) is 6. The van der Waals surface area contributed by atoms with E-state index in [1.165, 1.54) is 32.4 Å². The number of carbonyl (C=O) groups is 1. The fourth-order valence-corrected chi connectivity index (χ4v) is 2.16. The fraction of sp³-hybridized carbons (Fsp3) is 0.118. The van der Waals surface area contributed by atoms with Gasteiger partial charge in [0, 0.05) is 11.1 Å². The zero-order chi connectivity index (χ0) is 17.7. The summed E-state index contributed by atoms with van der Waals surface area (Å²) in [6, 6.07) is 9.92. The van der Waals surface area contributed by atoms with E-state index in [1.54, 1.807) is 30.3 Å². The minimum Gasteiger partial charge on any atom is -0.499 e. The van der Waals surface area contributed by atoms with Crippen molar-refractivity contribution in [3.63, 3.8) is 0 Å². The molecular weight excluding hydrogens is 314 g/mol. The van der Waals surface area contributed by atoms with Crippen molar-refractivity contribution in [2.24, 2.45) is 0 Å². The van der Waals surface area contributed by atoms with E-state index in [4.69, 9.17) is 9.47 Å². The maximum absolute atomic E-state index is 12.1. The number of hydrogen-bond donors (Lipinski definition) is 1. The molecule has 0 spiro atoms. The van der Waals surface area contributed by atoms with Crippen LogP contribution in [0.2, 0.25) is 0 Å². The quantitative estimate of drug-likeness (QED) is 0.378. The summed E-state index contributed by atoms with van der Waals surface area (Å²) in [5.41, 5.74) is 0.0970. The van der Waals surface area contributed by atoms with Crippen LogP contribution in [0, 0.1) is 10.1 Å². The topological polar surface area (TPSA) is 98.9 Å². The summed E-state index contributed by atoms with van der Waals surface area (Å²) in [5.74, 6) is -1.15. The van der Waals surface area contributed by atoms with Gasteiger partial charge in [0.1, 0.15) is 0 Å². The third-order valence-electron chi connectivity index (χ3n) is 3.30. The normalized spacial score (nSPS) is 10.6. The van der Waals surface area contributed by atoms with E-state index in [1.807, 2.05) is 0 Å². The predicted molar refractivity (Wildman–Crippen MR) is 87.7 cm³/mol. The molecule has 0 bridgehead atoms. The zero-order valence-corrected chi connectivity index (χ0v) is 13.1. The number of nitro benzene ring substituents is 1. The van der Waals surface area contributed by atoms with Crippen molar-refractivity contribution in [2.75, 3.05) is 14.2 Å². The highest BCUT2D eigenvalue weighted by atomic mass is 16.6. The number of benzene rings is 2. The molecule has 0 heterocycles. The summed E-state index contributed by atoms with van der Waals surface area (Å²) in [4.78, 5) is 22.5. The first-order valence-electron chi connectivity index (χ1n) is 6.89. The summed E-state index contributed by atoms with van der Waals surface area (Å²) in [5, 5.41) is 21.1. The van der Waals surface area contributed by atoms with Gasteiger partial charge < -0.3 is 14.6 Å². The van der Waals surface area contributed by atoms with Gasteiger partial charge in [0.25, 0.3) is 0 Å². The molecule has 0 saturated carbocycles. The Hall–Kier alpha value is -3.35. The molecule has 0 radical (unpaired) electrons. The van der Waals surface area contributed by atoms with E-state index < -0.39 is 16.4 Å². The highest BCUT2D eigenvalue weighted by Gasteiger charge is 2.27. The molecule has 7 nitrogen and oxygen atoms in total. The summed E-state index contributed by atoms with van der Waals surface area (Å²) in [6.45, 7) is 0. The van der Waals surface area contributed by atoms with Crippen LogP contribution in [0.1, 0.15) is 15.9 Å². The Morgan fingerprint density at radius 1 is 1.21 bits per heavy atom. The van der Waals surface area contributed by atoms with Gasteiger partial charge in [-0.15, -0.1) is 0 Å². The second-order valence-electron chi connectivity index (χ2n) is 4.72.